The number of nitrogens with one attached hydrogen (secondary N) is 1. The number of aliphatic hydroxyl groups excluding tert-OH is 1. The number of aliphatic hydroxyl groups is 1. The molecular weight excluding hydrogens is 434 g/mol. The van der Waals surface area contributed by atoms with E-state index >= 15 is 0 Å². The molecule has 0 saturated carbocycles. The second-order valence-electron chi connectivity index (χ2n) is 9.59. The Hall–Kier alpha value is -2.85. The van der Waals surface area contributed by atoms with Crippen LogP contribution in [0.25, 0.3) is 11.3 Å². The maximum atomic E-state index is 13.8. The van der Waals surface area contributed by atoms with Gasteiger partial charge in [0.05, 0.1) is 30.7 Å². The molecular formula is C23H28F2N4O4. The number of amides is 2. The van der Waals surface area contributed by atoms with E-state index in [1.165, 1.54) is 10.7 Å². The number of halogens is 2. The number of hydrogen-bond donors (Lipinski definition) is 2. The van der Waals surface area contributed by atoms with Crippen LogP contribution in [0.15, 0.2) is 18.2 Å². The van der Waals surface area contributed by atoms with Crippen molar-refractivity contribution >= 4 is 11.9 Å². The van der Waals surface area contributed by atoms with Crippen molar-refractivity contribution in [3.63, 3.8) is 0 Å². The first-order chi connectivity index (χ1) is 15.6. The molecule has 2 aliphatic heterocycles. The van der Waals surface area contributed by atoms with Crippen LogP contribution in [0.2, 0.25) is 0 Å². The Kier molecular flexibility index (Phi) is 6.24. The van der Waals surface area contributed by atoms with Crippen molar-refractivity contribution in [1.82, 2.24) is 20.0 Å². The van der Waals surface area contributed by atoms with Gasteiger partial charge >= 0.3 is 6.03 Å². The molecule has 10 heteroatoms. The van der Waals surface area contributed by atoms with Gasteiger partial charge in [0.1, 0.15) is 6.04 Å². The third kappa shape index (κ3) is 4.63. The zero-order chi connectivity index (χ0) is 23.9. The van der Waals surface area contributed by atoms with Crippen LogP contribution in [-0.2, 0) is 22.6 Å². The second-order valence-corrected chi connectivity index (χ2v) is 9.59. The summed E-state index contributed by atoms with van der Waals surface area (Å²) >= 11 is 0. The van der Waals surface area contributed by atoms with E-state index in [0.717, 1.165) is 12.1 Å². The van der Waals surface area contributed by atoms with Crippen molar-refractivity contribution in [2.24, 2.45) is 5.41 Å². The summed E-state index contributed by atoms with van der Waals surface area (Å²) in [5.74, 6) is -2.25. The molecule has 0 spiro atoms. The Bertz CT molecular complexity index is 1080. The molecule has 4 rings (SSSR count). The highest BCUT2D eigenvalue weighted by atomic mass is 19.2. The standard InChI is InChI=1S/C23H28F2N4O4/c1-23(2,3)20(21(31)28-8-6-14(30)11-28)26-22(32)29-18-7-9-33-12-15(18)19(27-29)13-4-5-16(24)17(25)10-13/h4-5,10,14,20,30H,6-9,11-12H2,1-3H3,(H,26,32)/t14-,20-/m1/s1. The summed E-state index contributed by atoms with van der Waals surface area (Å²) in [6, 6.07) is 2.02. The summed E-state index contributed by atoms with van der Waals surface area (Å²) in [7, 11) is 0. The molecule has 2 amide bonds. The van der Waals surface area contributed by atoms with Crippen LogP contribution < -0.4 is 5.32 Å². The van der Waals surface area contributed by atoms with Gasteiger partial charge in [0, 0.05) is 30.6 Å². The average molecular weight is 462 g/mol. The molecule has 1 fully saturated rings. The van der Waals surface area contributed by atoms with Gasteiger partial charge in [-0.25, -0.2) is 13.6 Å². The highest BCUT2D eigenvalue weighted by Gasteiger charge is 2.39. The van der Waals surface area contributed by atoms with Gasteiger partial charge in [0.2, 0.25) is 5.91 Å². The van der Waals surface area contributed by atoms with Crippen LogP contribution >= 0.6 is 0 Å². The Morgan fingerprint density at radius 3 is 2.67 bits per heavy atom. The van der Waals surface area contributed by atoms with Gasteiger partial charge in [0.25, 0.3) is 0 Å². The molecule has 8 nitrogen and oxygen atoms in total. The Morgan fingerprint density at radius 1 is 1.27 bits per heavy atom. The molecule has 3 heterocycles. The van der Waals surface area contributed by atoms with E-state index in [9.17, 15) is 23.5 Å². The van der Waals surface area contributed by atoms with E-state index in [1.54, 1.807) is 4.90 Å². The van der Waals surface area contributed by atoms with Gasteiger partial charge in [-0.05, 0) is 30.0 Å². The van der Waals surface area contributed by atoms with Crippen molar-refractivity contribution in [1.29, 1.82) is 0 Å². The number of hydrogen-bond acceptors (Lipinski definition) is 5. The van der Waals surface area contributed by atoms with E-state index in [2.05, 4.69) is 10.4 Å². The van der Waals surface area contributed by atoms with E-state index in [1.807, 2.05) is 20.8 Å². The maximum Gasteiger partial charge on any atom is 0.343 e. The van der Waals surface area contributed by atoms with Crippen molar-refractivity contribution in [2.45, 2.75) is 52.4 Å². The van der Waals surface area contributed by atoms with E-state index in [4.69, 9.17) is 4.74 Å². The van der Waals surface area contributed by atoms with Crippen LogP contribution in [0.4, 0.5) is 13.6 Å². The zero-order valence-corrected chi connectivity index (χ0v) is 18.9. The SMILES string of the molecule is CC(C)(C)[C@H](NC(=O)n1nc(-c2ccc(F)c(F)c2)c2c1CCOC2)C(=O)N1CC[C@@H](O)C1. The summed E-state index contributed by atoms with van der Waals surface area (Å²) in [5, 5.41) is 17.0. The number of carbonyl (C=O) groups is 2. The molecule has 178 valence electrons. The van der Waals surface area contributed by atoms with Crippen molar-refractivity contribution in [2.75, 3.05) is 19.7 Å². The summed E-state index contributed by atoms with van der Waals surface area (Å²) < 4.78 is 34.0. The number of β-amino-alcohol motifs (C(OH)–C–C–N with tert-alkyl or cyclic N) is 1. The minimum atomic E-state index is -1.01. The first-order valence-electron chi connectivity index (χ1n) is 11.0. The molecule has 0 unspecified atom stereocenters. The number of fused-ring (bicyclic) bond motifs is 1. The summed E-state index contributed by atoms with van der Waals surface area (Å²) in [5.41, 5.74) is 1.30. The van der Waals surface area contributed by atoms with Crippen molar-refractivity contribution in [3.8, 4) is 11.3 Å². The van der Waals surface area contributed by atoms with Crippen LogP contribution in [0.3, 0.4) is 0 Å². The van der Waals surface area contributed by atoms with Crippen LogP contribution in [0.1, 0.15) is 38.4 Å². The molecule has 0 radical (unpaired) electrons. The Morgan fingerprint density at radius 2 is 2.03 bits per heavy atom. The lowest BCUT2D eigenvalue weighted by molar-refractivity contribution is -0.135. The quantitative estimate of drug-likeness (QED) is 0.731. The topological polar surface area (TPSA) is 96.7 Å². The Balaban J connectivity index is 1.66. The number of rotatable bonds is 3. The smallest absolute Gasteiger partial charge is 0.343 e. The largest absolute Gasteiger partial charge is 0.391 e. The molecule has 2 atom stereocenters. The molecule has 1 aromatic carbocycles. The van der Waals surface area contributed by atoms with E-state index in [0.29, 0.717) is 48.5 Å². The normalized spacial score (nSPS) is 19.3. The average Bonchev–Trinajstić information content (AvgIpc) is 3.36. The number of nitrogens with zero attached hydrogens (tertiary/aromatic N) is 3. The van der Waals surface area contributed by atoms with Crippen LogP contribution in [0.5, 0.6) is 0 Å². The number of benzene rings is 1. The third-order valence-electron chi connectivity index (χ3n) is 6.06. The fraction of sp³-hybridized carbons (Fsp3) is 0.522. The molecule has 0 bridgehead atoms. The molecule has 0 aliphatic carbocycles. The molecule has 33 heavy (non-hydrogen) atoms. The highest BCUT2D eigenvalue weighted by molar-refractivity contribution is 5.89. The lowest BCUT2D eigenvalue weighted by atomic mass is 9.86. The van der Waals surface area contributed by atoms with E-state index in [-0.39, 0.29) is 19.1 Å². The van der Waals surface area contributed by atoms with Gasteiger partial charge in [0.15, 0.2) is 11.6 Å². The fourth-order valence-electron chi connectivity index (χ4n) is 4.24. The van der Waals surface area contributed by atoms with Gasteiger partial charge in [-0.3, -0.25) is 4.79 Å². The van der Waals surface area contributed by atoms with E-state index < -0.39 is 35.2 Å². The monoisotopic (exact) mass is 462 g/mol. The second kappa shape index (κ2) is 8.83. The molecule has 1 aromatic heterocycles. The number of carbonyl (C=O) groups excluding carboxylic acids is 2. The Labute approximate surface area is 190 Å². The highest BCUT2D eigenvalue weighted by Crippen LogP contribution is 2.30. The number of likely N-dealkylation sites (tertiary alicyclic amines) is 1. The van der Waals surface area contributed by atoms with Gasteiger partial charge in [-0.2, -0.15) is 9.78 Å². The predicted molar refractivity (Wildman–Crippen MR) is 115 cm³/mol. The molecule has 2 aliphatic rings. The zero-order valence-electron chi connectivity index (χ0n) is 18.9. The maximum absolute atomic E-state index is 13.8. The van der Waals surface area contributed by atoms with Gasteiger partial charge in [-0.15, -0.1) is 0 Å². The molecule has 2 aromatic rings. The van der Waals surface area contributed by atoms with Crippen LogP contribution in [0, 0.1) is 17.0 Å². The fourth-order valence-corrected chi connectivity index (χ4v) is 4.24. The molecule has 2 N–H and O–H groups in total. The first-order valence-corrected chi connectivity index (χ1v) is 11.0. The molecule has 1 saturated heterocycles. The minimum absolute atomic E-state index is 0.185. The van der Waals surface area contributed by atoms with Crippen molar-refractivity contribution < 1.29 is 28.2 Å². The van der Waals surface area contributed by atoms with Gasteiger partial charge in [-0.1, -0.05) is 20.8 Å². The number of aromatic nitrogens is 2. The first kappa shape index (κ1) is 23.3. The van der Waals surface area contributed by atoms with Crippen molar-refractivity contribution in [3.05, 3.63) is 41.1 Å². The summed E-state index contributed by atoms with van der Waals surface area (Å²) in [6.45, 7) is 6.78. The van der Waals surface area contributed by atoms with Gasteiger partial charge < -0.3 is 20.1 Å². The third-order valence-corrected chi connectivity index (χ3v) is 6.06. The predicted octanol–water partition coefficient (Wildman–Crippen LogP) is 2.47. The number of ether oxygens (including phenoxy) is 1. The summed E-state index contributed by atoms with van der Waals surface area (Å²) in [4.78, 5) is 28.0. The lowest BCUT2D eigenvalue weighted by Gasteiger charge is -2.33. The van der Waals surface area contributed by atoms with Crippen LogP contribution in [-0.4, -0.2) is 63.6 Å². The lowest BCUT2D eigenvalue weighted by Crippen LogP contribution is -2.55. The summed E-state index contributed by atoms with van der Waals surface area (Å²) in [6.07, 6.45) is 0.342. The minimum Gasteiger partial charge on any atom is -0.391 e.